The van der Waals surface area contributed by atoms with Gasteiger partial charge in [0.2, 0.25) is 5.95 Å². The number of likely N-dealkylation sites (tertiary alicyclic amines) is 1. The average molecular weight is 553 g/mol. The molecule has 1 saturated carbocycles. The van der Waals surface area contributed by atoms with Crippen LogP contribution < -0.4 is 10.2 Å². The van der Waals surface area contributed by atoms with Crippen molar-refractivity contribution >= 4 is 52.5 Å². The van der Waals surface area contributed by atoms with Crippen LogP contribution in [0.3, 0.4) is 0 Å². The molecule has 1 aromatic heterocycles. The van der Waals surface area contributed by atoms with Crippen LogP contribution >= 0.6 is 34.8 Å². The van der Waals surface area contributed by atoms with Crippen LogP contribution in [0.15, 0.2) is 24.4 Å². The lowest BCUT2D eigenvalue weighted by molar-refractivity contribution is -0.157. The highest BCUT2D eigenvalue weighted by atomic mass is 35.5. The van der Waals surface area contributed by atoms with Crippen LogP contribution in [0.4, 0.5) is 11.8 Å². The van der Waals surface area contributed by atoms with Crippen molar-refractivity contribution in [1.82, 2.24) is 14.9 Å². The molecule has 36 heavy (non-hydrogen) atoms. The molecule has 194 valence electrons. The normalized spacial score (nSPS) is 22.0. The summed E-state index contributed by atoms with van der Waals surface area (Å²) in [6, 6.07) is 5.35. The molecule has 0 unspecified atom stereocenters. The summed E-state index contributed by atoms with van der Waals surface area (Å²) < 4.78 is 5.58. The zero-order valence-corrected chi connectivity index (χ0v) is 22.7. The topological polar surface area (TPSA) is 70.6 Å². The Morgan fingerprint density at radius 2 is 1.92 bits per heavy atom. The molecule has 1 aliphatic carbocycles. The number of benzene rings is 1. The molecule has 0 radical (unpaired) electrons. The van der Waals surface area contributed by atoms with Gasteiger partial charge in [0.25, 0.3) is 0 Å². The molecule has 1 N–H and O–H groups in total. The molecule has 3 fully saturated rings. The molecular formula is C26H32Cl3N5O2. The number of hydrogen-bond donors (Lipinski definition) is 1. The van der Waals surface area contributed by atoms with E-state index < -0.39 is 0 Å². The van der Waals surface area contributed by atoms with Crippen LogP contribution in [-0.2, 0) is 9.53 Å². The summed E-state index contributed by atoms with van der Waals surface area (Å²) in [6.07, 6.45) is 7.11. The summed E-state index contributed by atoms with van der Waals surface area (Å²) >= 11 is 18.8. The van der Waals surface area contributed by atoms with Gasteiger partial charge in [-0.1, -0.05) is 47.3 Å². The zero-order valence-electron chi connectivity index (χ0n) is 20.4. The van der Waals surface area contributed by atoms with Gasteiger partial charge in [0.05, 0.1) is 18.2 Å². The molecule has 7 nitrogen and oxygen atoms in total. The van der Waals surface area contributed by atoms with Gasteiger partial charge in [-0.15, -0.1) is 0 Å². The summed E-state index contributed by atoms with van der Waals surface area (Å²) in [5.41, 5.74) is 0.918. The molecule has 0 bridgehead atoms. The summed E-state index contributed by atoms with van der Waals surface area (Å²) in [6.45, 7) is 6.23. The number of rotatable bonds is 8. The first kappa shape index (κ1) is 25.8. The minimum atomic E-state index is -0.106. The molecular weight excluding hydrogens is 521 g/mol. The fourth-order valence-corrected chi connectivity index (χ4v) is 5.95. The van der Waals surface area contributed by atoms with Gasteiger partial charge in [-0.3, -0.25) is 9.69 Å². The van der Waals surface area contributed by atoms with E-state index in [1.54, 1.807) is 12.3 Å². The van der Waals surface area contributed by atoms with Crippen LogP contribution in [0.1, 0.15) is 50.6 Å². The first-order valence-corrected chi connectivity index (χ1v) is 13.9. The van der Waals surface area contributed by atoms with Crippen molar-refractivity contribution in [1.29, 1.82) is 0 Å². The molecule has 3 heterocycles. The highest BCUT2D eigenvalue weighted by molar-refractivity contribution is 6.35. The van der Waals surface area contributed by atoms with Crippen molar-refractivity contribution in [2.45, 2.75) is 45.1 Å². The largest absolute Gasteiger partial charge is 0.449 e. The lowest BCUT2D eigenvalue weighted by atomic mass is 9.81. The van der Waals surface area contributed by atoms with Gasteiger partial charge in [-0.25, -0.2) is 4.98 Å². The fourth-order valence-electron chi connectivity index (χ4n) is 5.23. The fraction of sp³-hybridized carbons (Fsp3) is 0.577. The van der Waals surface area contributed by atoms with E-state index in [1.165, 1.54) is 6.42 Å². The van der Waals surface area contributed by atoms with E-state index >= 15 is 0 Å². The quantitative estimate of drug-likeness (QED) is 0.399. The highest BCUT2D eigenvalue weighted by Gasteiger charge is 2.37. The van der Waals surface area contributed by atoms with Crippen molar-refractivity contribution in [2.24, 2.45) is 17.8 Å². The van der Waals surface area contributed by atoms with Crippen molar-refractivity contribution in [3.8, 4) is 0 Å². The van der Waals surface area contributed by atoms with Crippen molar-refractivity contribution in [2.75, 3.05) is 43.1 Å². The molecule has 0 spiro atoms. The average Bonchev–Trinajstić information content (AvgIpc) is 2.78. The first-order valence-electron chi connectivity index (χ1n) is 12.8. The van der Waals surface area contributed by atoms with Crippen molar-refractivity contribution in [3.05, 3.63) is 45.0 Å². The molecule has 10 heteroatoms. The van der Waals surface area contributed by atoms with E-state index in [1.807, 2.05) is 19.1 Å². The van der Waals surface area contributed by atoms with Gasteiger partial charge in [0.15, 0.2) is 5.82 Å². The second-order valence-electron chi connectivity index (χ2n) is 10.3. The van der Waals surface area contributed by atoms with Gasteiger partial charge in [-0.05, 0) is 62.1 Å². The third-order valence-corrected chi connectivity index (χ3v) is 8.58. The predicted octanol–water partition coefficient (Wildman–Crippen LogP) is 6.06. The second-order valence-corrected chi connectivity index (χ2v) is 11.5. The third kappa shape index (κ3) is 5.85. The maximum atomic E-state index is 12.1. The van der Waals surface area contributed by atoms with Crippen LogP contribution in [0.2, 0.25) is 15.1 Å². The number of ether oxygens (including phenoxy) is 1. The minimum Gasteiger partial charge on any atom is -0.449 e. The van der Waals surface area contributed by atoms with Crippen molar-refractivity contribution in [3.63, 3.8) is 0 Å². The summed E-state index contributed by atoms with van der Waals surface area (Å²) in [4.78, 5) is 25.8. The number of halogens is 3. The van der Waals surface area contributed by atoms with Gasteiger partial charge in [0.1, 0.15) is 11.8 Å². The van der Waals surface area contributed by atoms with Gasteiger partial charge in [-0.2, -0.15) is 4.98 Å². The summed E-state index contributed by atoms with van der Waals surface area (Å²) in [5, 5.41) is 5.02. The Morgan fingerprint density at radius 1 is 1.11 bits per heavy atom. The van der Waals surface area contributed by atoms with E-state index in [0.717, 1.165) is 57.4 Å². The lowest BCUT2D eigenvalue weighted by Gasteiger charge is -2.46. The minimum absolute atomic E-state index is 0.0184. The summed E-state index contributed by atoms with van der Waals surface area (Å²) in [5.74, 6) is 2.55. The smallest absolute Gasteiger partial charge is 0.310 e. The van der Waals surface area contributed by atoms with Crippen molar-refractivity contribution < 1.29 is 9.53 Å². The molecule has 2 aromatic rings. The Balaban J connectivity index is 1.14. The van der Waals surface area contributed by atoms with Crippen LogP contribution in [0.25, 0.3) is 0 Å². The number of anilines is 2. The van der Waals surface area contributed by atoms with E-state index in [0.29, 0.717) is 45.4 Å². The first-order chi connectivity index (χ1) is 17.4. The van der Waals surface area contributed by atoms with E-state index in [4.69, 9.17) is 44.5 Å². The Labute approximate surface area is 227 Å². The SMILES string of the molecule is C[C@@H](Nc1nc(N2CC([C@H]3CCCN(COC(=O)C4CCC4)C3)C2)ncc1Cl)c1ccc(Cl)cc1Cl. The standard InChI is InChI=1S/C26H32Cl3N5O2/c1-16(21-8-7-20(27)10-22(21)28)31-24-23(29)11-30-26(32-24)34-13-19(14-34)18-6-3-9-33(12-18)15-36-25(35)17-4-2-5-17/h7-8,10-11,16-19H,2-6,9,12-15H2,1H3,(H,30,31,32)/t16-,18+/m1/s1. The molecule has 2 atom stereocenters. The number of carbonyl (C=O) groups is 1. The number of nitrogens with zero attached hydrogens (tertiary/aromatic N) is 4. The van der Waals surface area contributed by atoms with E-state index in [9.17, 15) is 4.79 Å². The summed E-state index contributed by atoms with van der Waals surface area (Å²) in [7, 11) is 0. The number of aromatic nitrogens is 2. The van der Waals surface area contributed by atoms with Crippen LogP contribution in [0.5, 0.6) is 0 Å². The number of hydrogen-bond acceptors (Lipinski definition) is 7. The van der Waals surface area contributed by atoms with Gasteiger partial charge >= 0.3 is 5.97 Å². The maximum absolute atomic E-state index is 12.1. The van der Waals surface area contributed by atoms with Crippen LogP contribution in [-0.4, -0.2) is 53.7 Å². The molecule has 5 rings (SSSR count). The Morgan fingerprint density at radius 3 is 2.64 bits per heavy atom. The van der Waals surface area contributed by atoms with Gasteiger partial charge < -0.3 is 15.0 Å². The van der Waals surface area contributed by atoms with E-state index in [2.05, 4.69) is 20.1 Å². The maximum Gasteiger partial charge on any atom is 0.310 e. The number of esters is 1. The zero-order chi connectivity index (χ0) is 25.2. The predicted molar refractivity (Wildman–Crippen MR) is 144 cm³/mol. The second kappa shape index (κ2) is 11.3. The number of nitrogens with one attached hydrogen (secondary N) is 1. The Kier molecular flexibility index (Phi) is 8.11. The molecule has 0 amide bonds. The molecule has 2 saturated heterocycles. The Bertz CT molecular complexity index is 1090. The van der Waals surface area contributed by atoms with Gasteiger partial charge in [0, 0.05) is 36.2 Å². The molecule has 1 aromatic carbocycles. The molecule has 2 aliphatic heterocycles. The third-order valence-electron chi connectivity index (χ3n) is 7.74. The molecule has 3 aliphatic rings. The number of piperidine rings is 1. The monoisotopic (exact) mass is 551 g/mol. The van der Waals surface area contributed by atoms with E-state index in [-0.39, 0.29) is 17.9 Å². The Hall–Kier alpha value is -1.80. The van der Waals surface area contributed by atoms with Crippen LogP contribution in [0, 0.1) is 17.8 Å². The number of carbonyl (C=O) groups excluding carboxylic acids is 1. The highest BCUT2D eigenvalue weighted by Crippen LogP contribution is 2.35. The lowest BCUT2D eigenvalue weighted by Crippen LogP contribution is -2.54.